The topological polar surface area (TPSA) is 114 Å². The Balaban J connectivity index is 1.43. The first kappa shape index (κ1) is 27.3. The number of hydrogen-bond donors (Lipinski definition) is 2. The molecule has 0 saturated carbocycles. The molecular formula is C28H28N4O4S2. The maximum Gasteiger partial charge on any atom is 0.271 e. The minimum atomic E-state index is -0.498. The van der Waals surface area contributed by atoms with E-state index in [0.717, 1.165) is 20.1 Å². The number of rotatable bonds is 8. The largest absolute Gasteiger partial charge is 0.325 e. The summed E-state index contributed by atoms with van der Waals surface area (Å²) in [6, 6.07) is 19.0. The van der Waals surface area contributed by atoms with Gasteiger partial charge in [-0.1, -0.05) is 57.7 Å². The first-order valence-corrected chi connectivity index (χ1v) is 13.8. The summed E-state index contributed by atoms with van der Waals surface area (Å²) in [7, 11) is 0. The van der Waals surface area contributed by atoms with Gasteiger partial charge in [0, 0.05) is 29.1 Å². The number of anilines is 2. The van der Waals surface area contributed by atoms with Gasteiger partial charge in [-0.2, -0.15) is 0 Å². The number of fused-ring (bicyclic) bond motifs is 1. The monoisotopic (exact) mass is 548 g/mol. The molecule has 10 heteroatoms. The van der Waals surface area contributed by atoms with Crippen LogP contribution in [0.4, 0.5) is 17.1 Å². The van der Waals surface area contributed by atoms with Gasteiger partial charge in [0.2, 0.25) is 5.91 Å². The normalized spacial score (nSPS) is 12.2. The molecule has 1 atom stereocenters. The fraction of sp³-hybridized carbons (Fsp3) is 0.250. The Bertz CT molecular complexity index is 1490. The van der Waals surface area contributed by atoms with Gasteiger partial charge in [0.1, 0.15) is 0 Å². The zero-order valence-corrected chi connectivity index (χ0v) is 23.1. The average Bonchev–Trinajstić information content (AvgIpc) is 3.28. The van der Waals surface area contributed by atoms with Crippen LogP contribution in [0.3, 0.4) is 0 Å². The van der Waals surface area contributed by atoms with E-state index in [1.54, 1.807) is 6.07 Å². The van der Waals surface area contributed by atoms with Crippen LogP contribution in [-0.4, -0.2) is 27.0 Å². The molecule has 2 amide bonds. The standard InChI is InChI=1S/C28H28N4O4S2/c1-5-23(26(34)30-19-7-6-8-21(15-19)32(35)36)37-27-31-22-14-13-20(16-24(22)38-27)29-25(33)17-9-11-18(12-10-17)28(2,3)4/h6-16,23H,5H2,1-4H3,(H,29,33)(H,30,34). The quantitative estimate of drug-likeness (QED) is 0.136. The highest BCUT2D eigenvalue weighted by Gasteiger charge is 2.21. The summed E-state index contributed by atoms with van der Waals surface area (Å²) < 4.78 is 1.62. The molecule has 3 aromatic carbocycles. The summed E-state index contributed by atoms with van der Waals surface area (Å²) >= 11 is 2.79. The van der Waals surface area contributed by atoms with Gasteiger partial charge in [-0.3, -0.25) is 19.7 Å². The number of thioether (sulfide) groups is 1. The van der Waals surface area contributed by atoms with E-state index in [1.165, 1.54) is 41.3 Å². The summed E-state index contributed by atoms with van der Waals surface area (Å²) in [6.45, 7) is 8.29. The van der Waals surface area contributed by atoms with Crippen LogP contribution in [0.2, 0.25) is 0 Å². The molecule has 4 aromatic rings. The minimum Gasteiger partial charge on any atom is -0.325 e. The van der Waals surface area contributed by atoms with Crippen molar-refractivity contribution in [2.75, 3.05) is 10.6 Å². The Kier molecular flexibility index (Phi) is 8.13. The second-order valence-electron chi connectivity index (χ2n) is 9.76. The Morgan fingerprint density at radius 3 is 2.39 bits per heavy atom. The van der Waals surface area contributed by atoms with E-state index in [0.29, 0.717) is 23.4 Å². The number of nitro benzene ring substituents is 1. The maximum atomic E-state index is 12.9. The first-order valence-electron chi connectivity index (χ1n) is 12.1. The molecule has 38 heavy (non-hydrogen) atoms. The third-order valence-electron chi connectivity index (χ3n) is 5.87. The van der Waals surface area contributed by atoms with Crippen LogP contribution in [0.15, 0.2) is 71.1 Å². The minimum absolute atomic E-state index is 0.0156. The predicted molar refractivity (Wildman–Crippen MR) is 154 cm³/mol. The van der Waals surface area contributed by atoms with Gasteiger partial charge >= 0.3 is 0 Å². The molecule has 0 spiro atoms. The van der Waals surface area contributed by atoms with Gasteiger partial charge < -0.3 is 10.6 Å². The van der Waals surface area contributed by atoms with Crippen LogP contribution in [0.25, 0.3) is 10.2 Å². The molecule has 2 N–H and O–H groups in total. The lowest BCUT2D eigenvalue weighted by Gasteiger charge is -2.19. The van der Waals surface area contributed by atoms with Gasteiger partial charge in [0.25, 0.3) is 11.6 Å². The van der Waals surface area contributed by atoms with E-state index in [9.17, 15) is 19.7 Å². The van der Waals surface area contributed by atoms with E-state index in [1.807, 2.05) is 49.4 Å². The molecule has 0 aliphatic rings. The molecular weight excluding hydrogens is 520 g/mol. The molecule has 0 radical (unpaired) electrons. The van der Waals surface area contributed by atoms with E-state index in [2.05, 4.69) is 36.4 Å². The van der Waals surface area contributed by atoms with Crippen molar-refractivity contribution >= 4 is 62.2 Å². The van der Waals surface area contributed by atoms with Crippen molar-refractivity contribution in [2.24, 2.45) is 0 Å². The number of carbonyl (C=O) groups is 2. The highest BCUT2D eigenvalue weighted by molar-refractivity contribution is 8.02. The number of carbonyl (C=O) groups excluding carboxylic acids is 2. The number of hydrogen-bond acceptors (Lipinski definition) is 7. The summed E-state index contributed by atoms with van der Waals surface area (Å²) in [4.78, 5) is 40.8. The van der Waals surface area contributed by atoms with Crippen molar-refractivity contribution in [2.45, 2.75) is 49.1 Å². The molecule has 0 aliphatic heterocycles. The lowest BCUT2D eigenvalue weighted by atomic mass is 9.87. The van der Waals surface area contributed by atoms with E-state index < -0.39 is 10.2 Å². The lowest BCUT2D eigenvalue weighted by Crippen LogP contribution is -2.24. The number of benzene rings is 3. The second kappa shape index (κ2) is 11.3. The Morgan fingerprint density at radius 1 is 1.03 bits per heavy atom. The summed E-state index contributed by atoms with van der Waals surface area (Å²) in [6.07, 6.45) is 0.552. The third kappa shape index (κ3) is 6.56. The smallest absolute Gasteiger partial charge is 0.271 e. The number of thiazole rings is 1. The SMILES string of the molecule is CCC(Sc1nc2ccc(NC(=O)c3ccc(C(C)(C)C)cc3)cc2s1)C(=O)Nc1cccc([N+](=O)[O-])c1. The van der Waals surface area contributed by atoms with Gasteiger partial charge in [-0.25, -0.2) is 4.98 Å². The summed E-state index contributed by atoms with van der Waals surface area (Å²) in [5.41, 5.74) is 3.49. The fourth-order valence-corrected chi connectivity index (χ4v) is 5.99. The molecule has 0 aliphatic carbocycles. The average molecular weight is 549 g/mol. The molecule has 8 nitrogen and oxygen atoms in total. The summed E-state index contributed by atoms with van der Waals surface area (Å²) in [5.74, 6) is -0.435. The van der Waals surface area contributed by atoms with Crippen molar-refractivity contribution in [1.29, 1.82) is 0 Å². The Morgan fingerprint density at radius 2 is 1.74 bits per heavy atom. The Labute approximate surface area is 229 Å². The van der Waals surface area contributed by atoms with Crippen molar-refractivity contribution in [3.8, 4) is 0 Å². The van der Waals surface area contributed by atoms with Crippen molar-refractivity contribution < 1.29 is 14.5 Å². The number of nitro groups is 1. The zero-order valence-electron chi connectivity index (χ0n) is 21.5. The van der Waals surface area contributed by atoms with Crippen LogP contribution in [-0.2, 0) is 10.2 Å². The van der Waals surface area contributed by atoms with Gasteiger partial charge in [0.05, 0.1) is 20.4 Å². The van der Waals surface area contributed by atoms with Crippen LogP contribution in [0.1, 0.15) is 50.0 Å². The summed E-state index contributed by atoms with van der Waals surface area (Å²) in [5, 5.41) is 16.3. The van der Waals surface area contributed by atoms with Crippen LogP contribution >= 0.6 is 23.1 Å². The van der Waals surface area contributed by atoms with Crippen LogP contribution in [0, 0.1) is 10.1 Å². The van der Waals surface area contributed by atoms with Crippen molar-refractivity contribution in [3.05, 3.63) is 88.0 Å². The zero-order chi connectivity index (χ0) is 27.4. The van der Waals surface area contributed by atoms with E-state index in [-0.39, 0.29) is 22.9 Å². The number of non-ortho nitro benzene ring substituents is 1. The number of nitrogens with zero attached hydrogens (tertiary/aromatic N) is 2. The van der Waals surface area contributed by atoms with Crippen LogP contribution < -0.4 is 10.6 Å². The highest BCUT2D eigenvalue weighted by atomic mass is 32.2. The molecule has 1 aromatic heterocycles. The fourth-order valence-electron chi connectivity index (χ4n) is 3.72. The molecule has 0 fully saturated rings. The number of aromatic nitrogens is 1. The van der Waals surface area contributed by atoms with Crippen molar-refractivity contribution in [3.63, 3.8) is 0 Å². The van der Waals surface area contributed by atoms with Gasteiger partial charge in [-0.15, -0.1) is 11.3 Å². The van der Waals surface area contributed by atoms with Gasteiger partial charge in [0.15, 0.2) is 4.34 Å². The number of nitrogens with one attached hydrogen (secondary N) is 2. The molecule has 0 saturated heterocycles. The van der Waals surface area contributed by atoms with Gasteiger partial charge in [-0.05, 0) is 53.8 Å². The molecule has 1 unspecified atom stereocenters. The maximum absolute atomic E-state index is 12.9. The predicted octanol–water partition coefficient (Wildman–Crippen LogP) is 7.26. The van der Waals surface area contributed by atoms with Crippen molar-refractivity contribution in [1.82, 2.24) is 4.98 Å². The molecule has 0 bridgehead atoms. The second-order valence-corrected chi connectivity index (χ2v) is 12.2. The molecule has 196 valence electrons. The number of amides is 2. The molecule has 1 heterocycles. The van der Waals surface area contributed by atoms with Crippen LogP contribution in [0.5, 0.6) is 0 Å². The van der Waals surface area contributed by atoms with E-state index >= 15 is 0 Å². The third-order valence-corrected chi connectivity index (χ3v) is 8.35. The lowest BCUT2D eigenvalue weighted by molar-refractivity contribution is -0.384. The molecule has 4 rings (SSSR count). The first-order chi connectivity index (χ1) is 18.0. The Hall–Kier alpha value is -3.76. The highest BCUT2D eigenvalue weighted by Crippen LogP contribution is 2.35. The van der Waals surface area contributed by atoms with E-state index in [4.69, 9.17) is 0 Å².